The van der Waals surface area contributed by atoms with Gasteiger partial charge in [0.25, 0.3) is 5.91 Å². The number of halogens is 2. The molecule has 1 aliphatic heterocycles. The number of methoxy groups -OCH3 is 1. The number of aromatic nitrogens is 4. The van der Waals surface area contributed by atoms with Crippen LogP contribution in [0.3, 0.4) is 0 Å². The van der Waals surface area contributed by atoms with Crippen LogP contribution in [-0.2, 0) is 4.74 Å². The van der Waals surface area contributed by atoms with E-state index < -0.39 is 23.1 Å². The Bertz CT molecular complexity index is 1470. The van der Waals surface area contributed by atoms with Gasteiger partial charge in [-0.2, -0.15) is 5.10 Å². The van der Waals surface area contributed by atoms with E-state index in [1.54, 1.807) is 23.4 Å². The van der Waals surface area contributed by atoms with Crippen molar-refractivity contribution in [2.24, 2.45) is 5.73 Å². The fourth-order valence-corrected chi connectivity index (χ4v) is 5.05. The Morgan fingerprint density at radius 3 is 2.76 bits per heavy atom. The van der Waals surface area contributed by atoms with E-state index in [1.807, 2.05) is 0 Å². The molecule has 1 amide bonds. The Morgan fingerprint density at radius 2 is 2.11 bits per heavy atom. The molecule has 1 saturated carbocycles. The molecule has 192 valence electrons. The number of ether oxygens (including phenoxy) is 1. The molecule has 11 heteroatoms. The standard InChI is InChI=1S/C26H27F2N7O2/c1-4-9-33-12-16(10-17(33)13-37-3)35-26(30-2)22(25(29)36)20(32-35)8-7-18-19(27)11-21-24(23(18)28)31-14-34(21)15-5-6-15/h1,11,14-17,30H,5-6,9-10,12-13H2,2-3H3,(H2,29,36)/t16-,17+/m0/s1. The average Bonchev–Trinajstić information content (AvgIpc) is 3.32. The topological polar surface area (TPSA) is 103 Å². The number of nitrogens with two attached hydrogens (primary N) is 1. The molecule has 3 heterocycles. The predicted octanol–water partition coefficient (Wildman–Crippen LogP) is 2.28. The molecule has 0 unspecified atom stereocenters. The van der Waals surface area contributed by atoms with Crippen LogP contribution in [-0.4, -0.2) is 70.0 Å². The normalized spacial score (nSPS) is 19.5. The van der Waals surface area contributed by atoms with Gasteiger partial charge in [-0.05, 0) is 25.2 Å². The molecule has 1 aliphatic carbocycles. The van der Waals surface area contributed by atoms with Crippen LogP contribution >= 0.6 is 0 Å². The van der Waals surface area contributed by atoms with Gasteiger partial charge in [0.2, 0.25) is 0 Å². The van der Waals surface area contributed by atoms with Crippen molar-refractivity contribution in [2.45, 2.75) is 37.4 Å². The summed E-state index contributed by atoms with van der Waals surface area (Å²) in [5.74, 6) is 5.83. The number of carbonyl (C=O) groups excluding carboxylic acids is 1. The Labute approximate surface area is 212 Å². The molecular formula is C26H27F2N7O2. The molecule has 3 N–H and O–H groups in total. The molecular weight excluding hydrogens is 480 g/mol. The second-order valence-electron chi connectivity index (χ2n) is 9.31. The highest BCUT2D eigenvalue weighted by Gasteiger charge is 2.36. The molecule has 0 bridgehead atoms. The van der Waals surface area contributed by atoms with Gasteiger partial charge in [0.05, 0.1) is 36.6 Å². The van der Waals surface area contributed by atoms with Crippen molar-refractivity contribution < 1.29 is 18.3 Å². The molecule has 1 saturated heterocycles. The van der Waals surface area contributed by atoms with E-state index in [1.165, 1.54) is 12.4 Å². The summed E-state index contributed by atoms with van der Waals surface area (Å²) in [5.41, 5.74) is 5.76. The Balaban J connectivity index is 1.54. The van der Waals surface area contributed by atoms with Gasteiger partial charge in [0.1, 0.15) is 22.7 Å². The van der Waals surface area contributed by atoms with E-state index in [0.29, 0.717) is 37.5 Å². The highest BCUT2D eigenvalue weighted by Crippen LogP contribution is 2.38. The molecule has 2 aromatic heterocycles. The average molecular weight is 508 g/mol. The molecule has 2 atom stereocenters. The molecule has 3 aromatic rings. The second kappa shape index (κ2) is 9.85. The summed E-state index contributed by atoms with van der Waals surface area (Å²) in [7, 11) is 3.26. The molecule has 5 rings (SSSR count). The Kier molecular flexibility index (Phi) is 6.59. The van der Waals surface area contributed by atoms with Crippen LogP contribution in [0.25, 0.3) is 11.0 Å². The molecule has 1 aromatic carbocycles. The van der Waals surface area contributed by atoms with Crippen molar-refractivity contribution in [1.82, 2.24) is 24.2 Å². The smallest absolute Gasteiger partial charge is 0.255 e. The number of terminal acetylenes is 1. The monoisotopic (exact) mass is 507 g/mol. The van der Waals surface area contributed by atoms with Gasteiger partial charge in [-0.15, -0.1) is 6.42 Å². The fraction of sp³-hybridized carbons (Fsp3) is 0.423. The summed E-state index contributed by atoms with van der Waals surface area (Å²) in [4.78, 5) is 18.6. The first-order valence-electron chi connectivity index (χ1n) is 12.0. The second-order valence-corrected chi connectivity index (χ2v) is 9.31. The van der Waals surface area contributed by atoms with Gasteiger partial charge in [0.15, 0.2) is 11.5 Å². The molecule has 0 radical (unpaired) electrons. The van der Waals surface area contributed by atoms with Gasteiger partial charge >= 0.3 is 0 Å². The molecule has 37 heavy (non-hydrogen) atoms. The van der Waals surface area contributed by atoms with Crippen LogP contribution in [0.1, 0.15) is 53.0 Å². The van der Waals surface area contributed by atoms with Crippen LogP contribution < -0.4 is 11.1 Å². The van der Waals surface area contributed by atoms with E-state index in [2.05, 4.69) is 38.1 Å². The quantitative estimate of drug-likeness (QED) is 0.476. The Hall–Kier alpha value is -3.93. The van der Waals surface area contributed by atoms with Crippen molar-refractivity contribution in [1.29, 1.82) is 0 Å². The minimum absolute atomic E-state index is 0.0259. The van der Waals surface area contributed by atoms with Crippen molar-refractivity contribution in [2.75, 3.05) is 39.2 Å². The van der Waals surface area contributed by atoms with Gasteiger partial charge in [-0.3, -0.25) is 9.69 Å². The number of rotatable bonds is 7. The van der Waals surface area contributed by atoms with Crippen LogP contribution in [0.2, 0.25) is 0 Å². The SMILES string of the molecule is C#CCN1C[C@@H](n2nc(C#Cc3c(F)cc4c(ncn4C4CC4)c3F)c(C(N)=O)c2NC)C[C@@H]1COC. The minimum Gasteiger partial charge on any atom is -0.383 e. The number of nitrogens with zero attached hydrogens (tertiary/aromatic N) is 5. The number of anilines is 1. The lowest BCUT2D eigenvalue weighted by Crippen LogP contribution is -2.33. The number of hydrogen-bond acceptors (Lipinski definition) is 6. The molecule has 9 nitrogen and oxygen atoms in total. The summed E-state index contributed by atoms with van der Waals surface area (Å²) >= 11 is 0. The van der Waals surface area contributed by atoms with Crippen LogP contribution in [0, 0.1) is 35.8 Å². The number of amides is 1. The summed E-state index contributed by atoms with van der Waals surface area (Å²) < 4.78 is 39.0. The van der Waals surface area contributed by atoms with Gasteiger partial charge in [0, 0.05) is 38.9 Å². The first-order chi connectivity index (χ1) is 17.9. The maximum absolute atomic E-state index is 15.2. The number of imidazole rings is 1. The summed E-state index contributed by atoms with van der Waals surface area (Å²) in [6.07, 6.45) is 9.63. The maximum atomic E-state index is 15.2. The third-order valence-corrected chi connectivity index (χ3v) is 6.91. The fourth-order valence-electron chi connectivity index (χ4n) is 5.05. The number of likely N-dealkylation sites (tertiary alicyclic amines) is 1. The van der Waals surface area contributed by atoms with Crippen molar-refractivity contribution in [3.63, 3.8) is 0 Å². The number of fused-ring (bicyclic) bond motifs is 1. The van der Waals surface area contributed by atoms with Gasteiger partial charge in [-0.1, -0.05) is 11.8 Å². The molecule has 2 aliphatic rings. The summed E-state index contributed by atoms with van der Waals surface area (Å²) in [6, 6.07) is 1.38. The first-order valence-corrected chi connectivity index (χ1v) is 12.0. The number of nitrogens with one attached hydrogen (secondary N) is 1. The van der Waals surface area contributed by atoms with Gasteiger partial charge in [-0.25, -0.2) is 18.4 Å². The number of hydrogen-bond donors (Lipinski definition) is 2. The van der Waals surface area contributed by atoms with Crippen LogP contribution in [0.4, 0.5) is 14.6 Å². The van der Waals surface area contributed by atoms with Crippen molar-refractivity contribution in [3.05, 3.63) is 40.8 Å². The molecule has 0 spiro atoms. The lowest BCUT2D eigenvalue weighted by molar-refractivity contribution is 0.100. The van der Waals surface area contributed by atoms with Crippen molar-refractivity contribution >= 4 is 22.8 Å². The zero-order chi connectivity index (χ0) is 26.3. The maximum Gasteiger partial charge on any atom is 0.255 e. The van der Waals surface area contributed by atoms with Gasteiger partial charge < -0.3 is 20.4 Å². The van der Waals surface area contributed by atoms with E-state index in [9.17, 15) is 9.18 Å². The lowest BCUT2D eigenvalue weighted by Gasteiger charge is -2.20. The predicted molar refractivity (Wildman–Crippen MR) is 134 cm³/mol. The van der Waals surface area contributed by atoms with E-state index in [4.69, 9.17) is 16.9 Å². The third-order valence-electron chi connectivity index (χ3n) is 6.91. The lowest BCUT2D eigenvalue weighted by atomic mass is 10.1. The van der Waals surface area contributed by atoms with E-state index in [-0.39, 0.29) is 34.9 Å². The summed E-state index contributed by atoms with van der Waals surface area (Å²) in [5, 5.41) is 7.52. The molecule has 2 fully saturated rings. The highest BCUT2D eigenvalue weighted by atomic mass is 19.1. The minimum atomic E-state index is -0.848. The zero-order valence-corrected chi connectivity index (χ0v) is 20.6. The Morgan fingerprint density at radius 1 is 1.32 bits per heavy atom. The first kappa shape index (κ1) is 24.8. The zero-order valence-electron chi connectivity index (χ0n) is 20.6. The number of primary amides is 1. The van der Waals surface area contributed by atoms with Crippen molar-refractivity contribution in [3.8, 4) is 24.2 Å². The highest BCUT2D eigenvalue weighted by molar-refractivity contribution is 6.00. The van der Waals surface area contributed by atoms with Crippen LogP contribution in [0.15, 0.2) is 12.4 Å². The number of benzene rings is 1. The van der Waals surface area contributed by atoms with Crippen LogP contribution in [0.5, 0.6) is 0 Å². The largest absolute Gasteiger partial charge is 0.383 e. The summed E-state index contributed by atoms with van der Waals surface area (Å²) in [6.45, 7) is 1.50. The van der Waals surface area contributed by atoms with E-state index in [0.717, 1.165) is 12.8 Å². The van der Waals surface area contributed by atoms with E-state index >= 15 is 4.39 Å². The third kappa shape index (κ3) is 4.41. The number of carbonyl (C=O) groups is 1.